The lowest BCUT2D eigenvalue weighted by Gasteiger charge is -2.24. The van der Waals surface area contributed by atoms with Gasteiger partial charge >= 0.3 is 0 Å². The summed E-state index contributed by atoms with van der Waals surface area (Å²) in [6, 6.07) is 1.92. The first-order chi connectivity index (χ1) is 11.7. The van der Waals surface area contributed by atoms with Crippen LogP contribution in [0.5, 0.6) is 11.5 Å². The number of nitrogens with zero attached hydrogens (tertiary/aromatic N) is 5. The van der Waals surface area contributed by atoms with Crippen molar-refractivity contribution in [2.45, 2.75) is 25.1 Å². The summed E-state index contributed by atoms with van der Waals surface area (Å²) < 4.78 is 18.4. The van der Waals surface area contributed by atoms with Crippen molar-refractivity contribution in [1.29, 1.82) is 0 Å². The highest BCUT2D eigenvalue weighted by atomic mass is 16.5. The fourth-order valence-electron chi connectivity index (χ4n) is 3.23. The first-order valence-electron chi connectivity index (χ1n) is 7.84. The van der Waals surface area contributed by atoms with Gasteiger partial charge in [-0.05, 0) is 6.42 Å². The Morgan fingerprint density at radius 2 is 2.08 bits per heavy atom. The average molecular weight is 333 g/mol. The summed E-state index contributed by atoms with van der Waals surface area (Å²) in [5.41, 5.74) is 0.834. The maximum Gasteiger partial charge on any atom is 0.183 e. The highest BCUT2D eigenvalue weighted by Crippen LogP contribution is 2.36. The van der Waals surface area contributed by atoms with E-state index in [1.54, 1.807) is 39.9 Å². The number of rotatable bonds is 6. The van der Waals surface area contributed by atoms with Crippen molar-refractivity contribution in [3.05, 3.63) is 30.1 Å². The standard InChI is InChI=1S/C16H23N5O3/c1-20-10-18-19-16(20)13-7-11(22-2)8-21(13)9-12-15(24-4)14(23-3)5-6-17-12/h5-6,10-11,13H,7-9H2,1-4H3/t11-,13+/m1/s1. The Labute approximate surface area is 141 Å². The van der Waals surface area contributed by atoms with Crippen LogP contribution in [0.1, 0.15) is 24.0 Å². The zero-order valence-corrected chi connectivity index (χ0v) is 14.5. The van der Waals surface area contributed by atoms with Gasteiger partial charge in [-0.2, -0.15) is 0 Å². The molecular weight excluding hydrogens is 310 g/mol. The summed E-state index contributed by atoms with van der Waals surface area (Å²) in [7, 11) is 6.95. The van der Waals surface area contributed by atoms with E-state index in [0.29, 0.717) is 18.0 Å². The largest absolute Gasteiger partial charge is 0.493 e. The molecule has 2 atom stereocenters. The topological polar surface area (TPSA) is 74.5 Å². The van der Waals surface area contributed by atoms with Crippen LogP contribution < -0.4 is 9.47 Å². The van der Waals surface area contributed by atoms with Crippen LogP contribution in [0.3, 0.4) is 0 Å². The Kier molecular flexibility index (Phi) is 4.96. The fraction of sp³-hybridized carbons (Fsp3) is 0.562. The summed E-state index contributed by atoms with van der Waals surface area (Å²) in [6.45, 7) is 1.42. The molecule has 0 amide bonds. The maximum absolute atomic E-state index is 5.57. The Morgan fingerprint density at radius 1 is 1.25 bits per heavy atom. The number of aromatic nitrogens is 4. The third-order valence-electron chi connectivity index (χ3n) is 4.46. The highest BCUT2D eigenvalue weighted by molar-refractivity contribution is 5.42. The molecule has 2 aromatic rings. The molecule has 1 aliphatic rings. The zero-order valence-electron chi connectivity index (χ0n) is 14.5. The molecule has 0 aliphatic carbocycles. The van der Waals surface area contributed by atoms with Gasteiger partial charge in [0, 0.05) is 39.5 Å². The van der Waals surface area contributed by atoms with Crippen LogP contribution in [0.2, 0.25) is 0 Å². The molecule has 1 fully saturated rings. The van der Waals surface area contributed by atoms with Crippen LogP contribution in [-0.2, 0) is 18.3 Å². The molecule has 1 saturated heterocycles. The third kappa shape index (κ3) is 3.07. The second-order valence-corrected chi connectivity index (χ2v) is 5.83. The predicted octanol–water partition coefficient (Wildman–Crippen LogP) is 1.19. The number of likely N-dealkylation sites (tertiary alicyclic amines) is 1. The molecule has 0 unspecified atom stereocenters. The molecule has 130 valence electrons. The van der Waals surface area contributed by atoms with Gasteiger partial charge in [-0.15, -0.1) is 10.2 Å². The first-order valence-corrected chi connectivity index (χ1v) is 7.84. The van der Waals surface area contributed by atoms with Crippen molar-refractivity contribution in [1.82, 2.24) is 24.6 Å². The van der Waals surface area contributed by atoms with E-state index in [9.17, 15) is 0 Å². The molecule has 24 heavy (non-hydrogen) atoms. The second kappa shape index (κ2) is 7.14. The lowest BCUT2D eigenvalue weighted by Crippen LogP contribution is -2.27. The van der Waals surface area contributed by atoms with Crippen LogP contribution in [0.4, 0.5) is 0 Å². The molecule has 0 spiro atoms. The van der Waals surface area contributed by atoms with E-state index in [-0.39, 0.29) is 12.1 Å². The van der Waals surface area contributed by atoms with Gasteiger partial charge in [-0.1, -0.05) is 0 Å². The number of aryl methyl sites for hydroxylation is 1. The normalized spacial score (nSPS) is 21.2. The lowest BCUT2D eigenvalue weighted by molar-refractivity contribution is 0.107. The molecule has 2 aromatic heterocycles. The van der Waals surface area contributed by atoms with Gasteiger partial charge in [0.25, 0.3) is 0 Å². The SMILES string of the molecule is COc1ccnc(CN2C[C@H](OC)C[C@H]2c2nncn2C)c1OC. The Balaban J connectivity index is 1.88. The molecule has 3 heterocycles. The van der Waals surface area contributed by atoms with Crippen molar-refractivity contribution < 1.29 is 14.2 Å². The summed E-state index contributed by atoms with van der Waals surface area (Å²) in [4.78, 5) is 6.77. The average Bonchev–Trinajstić information content (AvgIpc) is 3.20. The molecular formula is C16H23N5O3. The smallest absolute Gasteiger partial charge is 0.183 e. The quantitative estimate of drug-likeness (QED) is 0.786. The molecule has 1 aliphatic heterocycles. The molecule has 0 radical (unpaired) electrons. The van der Waals surface area contributed by atoms with E-state index in [0.717, 1.165) is 24.5 Å². The van der Waals surface area contributed by atoms with Crippen molar-refractivity contribution in [2.24, 2.45) is 7.05 Å². The van der Waals surface area contributed by atoms with Crippen molar-refractivity contribution in [3.8, 4) is 11.5 Å². The number of pyridine rings is 1. The third-order valence-corrected chi connectivity index (χ3v) is 4.46. The van der Waals surface area contributed by atoms with E-state index in [1.807, 2.05) is 11.6 Å². The van der Waals surface area contributed by atoms with Gasteiger partial charge in [-0.3, -0.25) is 9.88 Å². The van der Waals surface area contributed by atoms with E-state index in [1.165, 1.54) is 0 Å². The van der Waals surface area contributed by atoms with Crippen molar-refractivity contribution >= 4 is 0 Å². The van der Waals surface area contributed by atoms with Crippen LogP contribution >= 0.6 is 0 Å². The Morgan fingerprint density at radius 3 is 2.71 bits per heavy atom. The molecule has 3 rings (SSSR count). The molecule has 0 bridgehead atoms. The summed E-state index contributed by atoms with van der Waals surface area (Å²) in [6.07, 6.45) is 4.48. The molecule has 8 heteroatoms. The van der Waals surface area contributed by atoms with Gasteiger partial charge in [0.2, 0.25) is 0 Å². The zero-order chi connectivity index (χ0) is 17.1. The minimum atomic E-state index is 0.125. The van der Waals surface area contributed by atoms with Crippen LogP contribution in [-0.4, -0.2) is 58.6 Å². The molecule has 0 aromatic carbocycles. The predicted molar refractivity (Wildman–Crippen MR) is 86.9 cm³/mol. The van der Waals surface area contributed by atoms with Crippen LogP contribution in [0, 0.1) is 0 Å². The second-order valence-electron chi connectivity index (χ2n) is 5.83. The summed E-state index contributed by atoms with van der Waals surface area (Å²) >= 11 is 0. The molecule has 0 N–H and O–H groups in total. The fourth-order valence-corrected chi connectivity index (χ4v) is 3.23. The van der Waals surface area contributed by atoms with Gasteiger partial charge in [0.05, 0.1) is 26.4 Å². The maximum atomic E-state index is 5.57. The molecule has 8 nitrogen and oxygen atoms in total. The van der Waals surface area contributed by atoms with E-state index >= 15 is 0 Å². The number of ether oxygens (including phenoxy) is 3. The number of methoxy groups -OCH3 is 3. The van der Waals surface area contributed by atoms with Crippen molar-refractivity contribution in [2.75, 3.05) is 27.9 Å². The summed E-state index contributed by atoms with van der Waals surface area (Å²) in [5, 5.41) is 8.28. The van der Waals surface area contributed by atoms with E-state index in [4.69, 9.17) is 14.2 Å². The van der Waals surface area contributed by atoms with E-state index < -0.39 is 0 Å². The lowest BCUT2D eigenvalue weighted by atomic mass is 10.2. The minimum absolute atomic E-state index is 0.125. The van der Waals surface area contributed by atoms with E-state index in [2.05, 4.69) is 20.1 Å². The van der Waals surface area contributed by atoms with Crippen LogP contribution in [0.15, 0.2) is 18.6 Å². The first kappa shape index (κ1) is 16.7. The van der Waals surface area contributed by atoms with Gasteiger partial charge in [-0.25, -0.2) is 0 Å². The van der Waals surface area contributed by atoms with Gasteiger partial charge in [0.15, 0.2) is 11.5 Å². The van der Waals surface area contributed by atoms with Crippen molar-refractivity contribution in [3.63, 3.8) is 0 Å². The van der Waals surface area contributed by atoms with Gasteiger partial charge in [0.1, 0.15) is 17.8 Å². The molecule has 0 saturated carbocycles. The Hall–Kier alpha value is -2.19. The minimum Gasteiger partial charge on any atom is -0.493 e. The van der Waals surface area contributed by atoms with Crippen LogP contribution in [0.25, 0.3) is 0 Å². The number of hydrogen-bond donors (Lipinski definition) is 0. The number of hydrogen-bond acceptors (Lipinski definition) is 7. The monoisotopic (exact) mass is 333 g/mol. The van der Waals surface area contributed by atoms with Gasteiger partial charge < -0.3 is 18.8 Å². The highest BCUT2D eigenvalue weighted by Gasteiger charge is 2.36. The summed E-state index contributed by atoms with van der Waals surface area (Å²) in [5.74, 6) is 2.27. The Bertz CT molecular complexity index is 690.